The van der Waals surface area contributed by atoms with Gasteiger partial charge in [-0.3, -0.25) is 14.4 Å². The Morgan fingerprint density at radius 1 is 1.18 bits per heavy atom. The highest BCUT2D eigenvalue weighted by Gasteiger charge is 2.55. The number of hydrogen-bond donors (Lipinski definition) is 1. The van der Waals surface area contributed by atoms with E-state index in [0.717, 1.165) is 0 Å². The van der Waals surface area contributed by atoms with Gasteiger partial charge in [0.25, 0.3) is 5.91 Å². The maximum absolute atomic E-state index is 13.2. The van der Waals surface area contributed by atoms with Gasteiger partial charge in [-0.05, 0) is 31.0 Å². The normalized spacial score (nSPS) is 21.3. The number of aromatic nitrogens is 2. The first kappa shape index (κ1) is 18.2. The van der Waals surface area contributed by atoms with Crippen LogP contribution < -0.4 is 0 Å². The predicted molar refractivity (Wildman–Crippen MR) is 99.9 cm³/mol. The average Bonchev–Trinajstić information content (AvgIpc) is 3.32. The highest BCUT2D eigenvalue weighted by atomic mass is 16.4. The molecule has 0 aliphatic carbocycles. The second kappa shape index (κ2) is 6.78. The molecule has 28 heavy (non-hydrogen) atoms. The van der Waals surface area contributed by atoms with Gasteiger partial charge in [-0.2, -0.15) is 5.10 Å². The monoisotopic (exact) mass is 382 g/mol. The minimum absolute atomic E-state index is 0.0297. The molecule has 146 valence electrons. The van der Waals surface area contributed by atoms with Crippen LogP contribution in [0, 0.1) is 5.92 Å². The van der Waals surface area contributed by atoms with Gasteiger partial charge in [0.2, 0.25) is 5.91 Å². The summed E-state index contributed by atoms with van der Waals surface area (Å²) in [5.74, 6) is -1.92. The van der Waals surface area contributed by atoms with Crippen LogP contribution in [0.5, 0.6) is 0 Å². The number of amides is 2. The average molecular weight is 382 g/mol. The van der Waals surface area contributed by atoms with Gasteiger partial charge in [0.1, 0.15) is 0 Å². The van der Waals surface area contributed by atoms with Crippen LogP contribution >= 0.6 is 0 Å². The molecule has 0 bridgehead atoms. The van der Waals surface area contributed by atoms with Gasteiger partial charge in [0.15, 0.2) is 0 Å². The van der Waals surface area contributed by atoms with Crippen LogP contribution in [-0.2, 0) is 9.59 Å². The van der Waals surface area contributed by atoms with Crippen LogP contribution in [0.15, 0.2) is 42.7 Å². The molecule has 8 nitrogen and oxygen atoms in total. The lowest BCUT2D eigenvalue weighted by Crippen LogP contribution is -2.57. The van der Waals surface area contributed by atoms with Crippen molar-refractivity contribution in [2.45, 2.75) is 24.8 Å². The summed E-state index contributed by atoms with van der Waals surface area (Å²) in [4.78, 5) is 40.4. The summed E-state index contributed by atoms with van der Waals surface area (Å²) in [6.07, 6.45) is 4.39. The molecular weight excluding hydrogens is 360 g/mol. The molecule has 8 heteroatoms. The van der Waals surface area contributed by atoms with Gasteiger partial charge < -0.3 is 14.9 Å². The van der Waals surface area contributed by atoms with E-state index in [2.05, 4.69) is 5.10 Å². The molecule has 1 aromatic carbocycles. The van der Waals surface area contributed by atoms with Gasteiger partial charge in [-0.25, -0.2) is 4.68 Å². The van der Waals surface area contributed by atoms with Crippen molar-refractivity contribution < 1.29 is 19.5 Å². The zero-order valence-corrected chi connectivity index (χ0v) is 15.6. The van der Waals surface area contributed by atoms with Crippen molar-refractivity contribution in [1.82, 2.24) is 19.6 Å². The minimum atomic E-state index is -0.943. The fourth-order valence-electron chi connectivity index (χ4n) is 4.52. The molecule has 1 spiro atoms. The Bertz CT molecular complexity index is 916. The van der Waals surface area contributed by atoms with Gasteiger partial charge in [0.05, 0.1) is 22.7 Å². The van der Waals surface area contributed by atoms with E-state index >= 15 is 0 Å². The van der Waals surface area contributed by atoms with Crippen LogP contribution in [-0.4, -0.2) is 68.1 Å². The van der Waals surface area contributed by atoms with E-state index in [1.165, 1.54) is 0 Å². The first-order valence-corrected chi connectivity index (χ1v) is 9.32. The first-order valence-electron chi connectivity index (χ1n) is 9.32. The number of aliphatic carboxylic acids is 1. The third-order valence-corrected chi connectivity index (χ3v) is 6.17. The number of benzene rings is 1. The number of piperidine rings is 1. The fourth-order valence-corrected chi connectivity index (χ4v) is 4.52. The smallest absolute Gasteiger partial charge is 0.309 e. The van der Waals surface area contributed by atoms with E-state index in [4.69, 9.17) is 0 Å². The van der Waals surface area contributed by atoms with Crippen molar-refractivity contribution in [3.05, 3.63) is 48.3 Å². The Labute approximate surface area is 162 Å². The summed E-state index contributed by atoms with van der Waals surface area (Å²) >= 11 is 0. The Kier molecular flexibility index (Phi) is 4.41. The van der Waals surface area contributed by atoms with Crippen LogP contribution in [0.2, 0.25) is 0 Å². The third kappa shape index (κ3) is 2.76. The zero-order valence-electron chi connectivity index (χ0n) is 15.6. The Hall–Kier alpha value is -3.16. The van der Waals surface area contributed by atoms with E-state index in [1.807, 2.05) is 18.2 Å². The van der Waals surface area contributed by atoms with E-state index in [1.54, 1.807) is 46.1 Å². The lowest BCUT2D eigenvalue weighted by atomic mass is 9.77. The van der Waals surface area contributed by atoms with E-state index in [0.29, 0.717) is 37.2 Å². The minimum Gasteiger partial charge on any atom is -0.481 e. The molecule has 0 saturated carbocycles. The molecule has 1 aromatic heterocycles. The summed E-state index contributed by atoms with van der Waals surface area (Å²) in [5.41, 5.74) is 0.545. The molecule has 2 amide bonds. The van der Waals surface area contributed by atoms with Gasteiger partial charge in [0, 0.05) is 39.0 Å². The standard InChI is InChI=1S/C20H22N4O4/c1-22-17(25)13-15(19(27)28)20(22)7-11-23(12-8-20)18(26)14-5-2-3-6-16(14)24-10-4-9-21-24/h2-6,9-10,15H,7-8,11-13H2,1H3,(H,27,28)/t15-/m1/s1. The molecule has 2 fully saturated rings. The van der Waals surface area contributed by atoms with Crippen molar-refractivity contribution in [2.75, 3.05) is 20.1 Å². The third-order valence-electron chi connectivity index (χ3n) is 6.17. The number of carboxylic acid groups (broad SMARTS) is 1. The van der Waals surface area contributed by atoms with Crippen LogP contribution in [0.25, 0.3) is 5.69 Å². The number of carbonyl (C=O) groups excluding carboxylic acids is 2. The van der Waals surface area contributed by atoms with Crippen molar-refractivity contribution in [3.63, 3.8) is 0 Å². The summed E-state index contributed by atoms with van der Waals surface area (Å²) in [7, 11) is 1.68. The molecule has 2 aliphatic heterocycles. The molecule has 1 N–H and O–H groups in total. The highest BCUT2D eigenvalue weighted by Crippen LogP contribution is 2.43. The number of carboxylic acids is 1. The number of carbonyl (C=O) groups is 3. The topological polar surface area (TPSA) is 95.7 Å². The number of nitrogens with zero attached hydrogens (tertiary/aromatic N) is 4. The second-order valence-electron chi connectivity index (χ2n) is 7.41. The Balaban J connectivity index is 1.56. The van der Waals surface area contributed by atoms with E-state index in [9.17, 15) is 19.5 Å². The van der Waals surface area contributed by atoms with Crippen molar-refractivity contribution in [3.8, 4) is 5.69 Å². The fraction of sp³-hybridized carbons (Fsp3) is 0.400. The number of para-hydroxylation sites is 1. The lowest BCUT2D eigenvalue weighted by molar-refractivity contribution is -0.145. The summed E-state index contributed by atoms with van der Waals surface area (Å²) in [6.45, 7) is 0.821. The molecule has 2 saturated heterocycles. The summed E-state index contributed by atoms with van der Waals surface area (Å²) < 4.78 is 1.66. The molecule has 0 unspecified atom stereocenters. The number of rotatable bonds is 3. The zero-order chi connectivity index (χ0) is 19.9. The largest absolute Gasteiger partial charge is 0.481 e. The quantitative estimate of drug-likeness (QED) is 0.866. The highest BCUT2D eigenvalue weighted by molar-refractivity contribution is 5.98. The maximum Gasteiger partial charge on any atom is 0.309 e. The Morgan fingerprint density at radius 3 is 2.54 bits per heavy atom. The second-order valence-corrected chi connectivity index (χ2v) is 7.41. The van der Waals surface area contributed by atoms with Crippen molar-refractivity contribution in [2.24, 2.45) is 5.92 Å². The summed E-state index contributed by atoms with van der Waals surface area (Å²) in [5, 5.41) is 13.8. The van der Waals surface area contributed by atoms with Crippen LogP contribution in [0.4, 0.5) is 0 Å². The Morgan fingerprint density at radius 2 is 1.89 bits per heavy atom. The van der Waals surface area contributed by atoms with Crippen LogP contribution in [0.1, 0.15) is 29.6 Å². The van der Waals surface area contributed by atoms with E-state index in [-0.39, 0.29) is 18.2 Å². The van der Waals surface area contributed by atoms with Crippen LogP contribution in [0.3, 0.4) is 0 Å². The predicted octanol–water partition coefficient (Wildman–Crippen LogP) is 1.41. The maximum atomic E-state index is 13.2. The molecule has 2 aromatic rings. The van der Waals surface area contributed by atoms with Gasteiger partial charge >= 0.3 is 5.97 Å². The first-order chi connectivity index (χ1) is 13.4. The van der Waals surface area contributed by atoms with Gasteiger partial charge in [-0.1, -0.05) is 12.1 Å². The molecule has 0 radical (unpaired) electrons. The lowest BCUT2D eigenvalue weighted by Gasteiger charge is -2.45. The van der Waals surface area contributed by atoms with Gasteiger partial charge in [-0.15, -0.1) is 0 Å². The summed E-state index contributed by atoms with van der Waals surface area (Å²) in [6, 6.07) is 9.08. The number of hydrogen-bond acceptors (Lipinski definition) is 4. The SMILES string of the molecule is CN1C(=O)C[C@H](C(=O)O)C12CCN(C(=O)c1ccccc1-n1cccn1)CC2. The van der Waals surface area contributed by atoms with E-state index < -0.39 is 17.4 Å². The van der Waals surface area contributed by atoms with Crippen molar-refractivity contribution >= 4 is 17.8 Å². The molecule has 1 atom stereocenters. The molecule has 3 heterocycles. The molecule has 2 aliphatic rings. The molecular formula is C20H22N4O4. The number of likely N-dealkylation sites (tertiary alicyclic amines) is 2. The van der Waals surface area contributed by atoms with Crippen molar-refractivity contribution in [1.29, 1.82) is 0 Å². The molecule has 4 rings (SSSR count).